The van der Waals surface area contributed by atoms with Gasteiger partial charge in [0.2, 0.25) is 0 Å². The van der Waals surface area contributed by atoms with Crippen molar-refractivity contribution in [1.82, 2.24) is 0 Å². The first kappa shape index (κ1) is 16.8. The zero-order chi connectivity index (χ0) is 18.2. The van der Waals surface area contributed by atoms with Crippen molar-refractivity contribution in [3.8, 4) is 6.07 Å². The number of nitriles is 1. The van der Waals surface area contributed by atoms with E-state index < -0.39 is 0 Å². The van der Waals surface area contributed by atoms with E-state index in [9.17, 15) is 0 Å². The molecule has 0 spiro atoms. The Hall–Kier alpha value is -4.02. The van der Waals surface area contributed by atoms with E-state index in [2.05, 4.69) is 20.9 Å². The lowest BCUT2D eigenvalue weighted by Crippen LogP contribution is -1.83. The lowest BCUT2D eigenvalue weighted by Gasteiger charge is -2.00. The smallest absolute Gasteiger partial charge is 0.187 e. The molecule has 0 aromatic heterocycles. The third-order valence-electron chi connectivity index (χ3n) is 3.60. The molecule has 0 aliphatic carbocycles. The van der Waals surface area contributed by atoms with Crippen LogP contribution in [0, 0.1) is 17.9 Å². The minimum Gasteiger partial charge on any atom is -0.254 e. The Morgan fingerprint density at radius 1 is 0.808 bits per heavy atom. The lowest BCUT2D eigenvalue weighted by molar-refractivity contribution is 1.45. The molecule has 0 aliphatic rings. The summed E-state index contributed by atoms with van der Waals surface area (Å²) in [5.41, 5.74) is 4.35. The van der Waals surface area contributed by atoms with Crippen LogP contribution in [0.1, 0.15) is 16.7 Å². The molecule has 3 aromatic rings. The average Bonchev–Trinajstić information content (AvgIpc) is 2.71. The summed E-state index contributed by atoms with van der Waals surface area (Å²) in [5, 5.41) is 8.97. The lowest BCUT2D eigenvalue weighted by atomic mass is 10.1. The van der Waals surface area contributed by atoms with Crippen molar-refractivity contribution >= 4 is 29.5 Å². The molecular weight excluding hydrogens is 320 g/mol. The first-order chi connectivity index (χ1) is 12.8. The van der Waals surface area contributed by atoms with Crippen molar-refractivity contribution < 1.29 is 0 Å². The molecule has 3 rings (SSSR count). The topological polar surface area (TPSA) is 52.9 Å². The van der Waals surface area contributed by atoms with Crippen LogP contribution >= 0.6 is 0 Å². The van der Waals surface area contributed by atoms with Crippen LogP contribution in [0.3, 0.4) is 0 Å². The monoisotopic (exact) mass is 334 g/mol. The van der Waals surface area contributed by atoms with Gasteiger partial charge in [-0.1, -0.05) is 42.5 Å². The summed E-state index contributed by atoms with van der Waals surface area (Å²) < 4.78 is 0. The van der Waals surface area contributed by atoms with E-state index in [4.69, 9.17) is 11.8 Å². The minimum atomic E-state index is 0.581. The molecule has 0 atom stereocenters. The van der Waals surface area contributed by atoms with Crippen LogP contribution in [0.5, 0.6) is 0 Å². The molecule has 0 radical (unpaired) electrons. The molecule has 0 aliphatic heterocycles. The highest BCUT2D eigenvalue weighted by molar-refractivity contribution is 5.87. The van der Waals surface area contributed by atoms with Gasteiger partial charge < -0.3 is 0 Å². The summed E-state index contributed by atoms with van der Waals surface area (Å²) in [7, 11) is 0. The molecule has 4 nitrogen and oxygen atoms in total. The summed E-state index contributed by atoms with van der Waals surface area (Å²) in [5.74, 6) is 0. The molecule has 0 bridgehead atoms. The Labute approximate surface area is 152 Å². The van der Waals surface area contributed by atoms with Gasteiger partial charge in [0.1, 0.15) is 0 Å². The molecule has 4 heteroatoms. The number of nitrogens with zero attached hydrogens (tertiary/aromatic N) is 4. The van der Waals surface area contributed by atoms with E-state index in [0.717, 1.165) is 22.5 Å². The maximum absolute atomic E-state index is 8.97. The van der Waals surface area contributed by atoms with Crippen LogP contribution in [0.2, 0.25) is 0 Å². The highest BCUT2D eigenvalue weighted by Crippen LogP contribution is 2.27. The van der Waals surface area contributed by atoms with Gasteiger partial charge in [0.25, 0.3) is 0 Å². The van der Waals surface area contributed by atoms with Crippen molar-refractivity contribution in [2.45, 2.75) is 0 Å². The Bertz CT molecular complexity index is 979. The second-order valence-electron chi connectivity index (χ2n) is 5.45. The van der Waals surface area contributed by atoms with Gasteiger partial charge >= 0.3 is 0 Å². The highest BCUT2D eigenvalue weighted by Gasteiger charge is 1.99. The number of benzene rings is 3. The molecule has 0 fully saturated rings. The standard InChI is InChI=1S/C22H14N4/c1-24-20-9-5-8-19(13-20)16-26-22-11-3-2-10-21(22)25-15-18-7-4-6-17(12-18)14-23/h2-13,15-16H. The summed E-state index contributed by atoms with van der Waals surface area (Å²) in [6.07, 6.45) is 3.44. The van der Waals surface area contributed by atoms with Gasteiger partial charge in [-0.2, -0.15) is 5.26 Å². The van der Waals surface area contributed by atoms with Gasteiger partial charge in [-0.3, -0.25) is 9.98 Å². The molecule has 0 saturated carbocycles. The van der Waals surface area contributed by atoms with Crippen molar-refractivity contribution in [1.29, 1.82) is 5.26 Å². The fourth-order valence-corrected chi connectivity index (χ4v) is 2.33. The summed E-state index contributed by atoms with van der Waals surface area (Å²) >= 11 is 0. The van der Waals surface area contributed by atoms with Crippen LogP contribution < -0.4 is 0 Å². The third-order valence-corrected chi connectivity index (χ3v) is 3.60. The largest absolute Gasteiger partial charge is 0.254 e. The van der Waals surface area contributed by atoms with E-state index in [1.807, 2.05) is 48.5 Å². The third kappa shape index (κ3) is 4.29. The van der Waals surface area contributed by atoms with Gasteiger partial charge in [0.15, 0.2) is 5.69 Å². The molecule has 26 heavy (non-hydrogen) atoms. The van der Waals surface area contributed by atoms with Crippen molar-refractivity contribution in [3.05, 3.63) is 101 Å². The van der Waals surface area contributed by atoms with Crippen LogP contribution in [0.15, 0.2) is 82.8 Å². The van der Waals surface area contributed by atoms with Crippen LogP contribution in [-0.2, 0) is 0 Å². The fraction of sp³-hybridized carbons (Fsp3) is 0. The van der Waals surface area contributed by atoms with Crippen molar-refractivity contribution in [2.24, 2.45) is 9.98 Å². The van der Waals surface area contributed by atoms with E-state index in [0.29, 0.717) is 11.3 Å². The van der Waals surface area contributed by atoms with Gasteiger partial charge in [-0.15, -0.1) is 0 Å². The Morgan fingerprint density at radius 2 is 1.42 bits per heavy atom. The Kier molecular flexibility index (Phi) is 5.30. The fourth-order valence-electron chi connectivity index (χ4n) is 2.33. The molecule has 0 unspecified atom stereocenters. The van der Waals surface area contributed by atoms with Gasteiger partial charge in [-0.05, 0) is 41.5 Å². The van der Waals surface area contributed by atoms with Crippen LogP contribution in [-0.4, -0.2) is 12.4 Å². The average molecular weight is 334 g/mol. The van der Waals surface area contributed by atoms with E-state index in [1.54, 1.807) is 36.7 Å². The first-order valence-electron chi connectivity index (χ1n) is 7.93. The molecule has 0 amide bonds. The Balaban J connectivity index is 1.86. The van der Waals surface area contributed by atoms with Gasteiger partial charge in [0.05, 0.1) is 29.6 Å². The number of para-hydroxylation sites is 2. The summed E-state index contributed by atoms with van der Waals surface area (Å²) in [6, 6.07) is 24.2. The predicted octanol–water partition coefficient (Wildman–Crippen LogP) is 5.61. The normalized spacial score (nSPS) is 10.7. The number of hydrogen-bond donors (Lipinski definition) is 0. The maximum atomic E-state index is 8.97. The number of hydrogen-bond acceptors (Lipinski definition) is 3. The molecule has 122 valence electrons. The van der Waals surface area contributed by atoms with Gasteiger partial charge in [-0.25, -0.2) is 4.85 Å². The number of rotatable bonds is 4. The SMILES string of the molecule is [C-]#[N+]c1cccc(C=Nc2ccccc2N=Cc2cccc(C#N)c2)c1. The number of aliphatic imine (C=N–C) groups is 2. The van der Waals surface area contributed by atoms with Crippen LogP contribution in [0.4, 0.5) is 17.1 Å². The second-order valence-corrected chi connectivity index (χ2v) is 5.45. The molecule has 0 N–H and O–H groups in total. The van der Waals surface area contributed by atoms with Gasteiger partial charge in [0, 0.05) is 12.4 Å². The Morgan fingerprint density at radius 3 is 2.04 bits per heavy atom. The molecule has 0 heterocycles. The highest BCUT2D eigenvalue weighted by atomic mass is 14.8. The van der Waals surface area contributed by atoms with E-state index in [-0.39, 0.29) is 0 Å². The maximum Gasteiger partial charge on any atom is 0.187 e. The minimum absolute atomic E-state index is 0.581. The predicted molar refractivity (Wildman–Crippen MR) is 105 cm³/mol. The molecular formula is C22H14N4. The summed E-state index contributed by atoms with van der Waals surface area (Å²) in [6.45, 7) is 7.08. The van der Waals surface area contributed by atoms with E-state index in [1.165, 1.54) is 0 Å². The second kappa shape index (κ2) is 8.19. The first-order valence-corrected chi connectivity index (χ1v) is 7.93. The van der Waals surface area contributed by atoms with Crippen LogP contribution in [0.25, 0.3) is 4.85 Å². The zero-order valence-corrected chi connectivity index (χ0v) is 13.9. The quantitative estimate of drug-likeness (QED) is 0.452. The zero-order valence-electron chi connectivity index (χ0n) is 13.9. The molecule has 0 saturated heterocycles. The van der Waals surface area contributed by atoms with E-state index >= 15 is 0 Å². The van der Waals surface area contributed by atoms with Crippen molar-refractivity contribution in [3.63, 3.8) is 0 Å². The molecule has 3 aromatic carbocycles. The van der Waals surface area contributed by atoms with Crippen molar-refractivity contribution in [2.75, 3.05) is 0 Å². The summed E-state index contributed by atoms with van der Waals surface area (Å²) in [4.78, 5) is 12.4.